The summed E-state index contributed by atoms with van der Waals surface area (Å²) in [5, 5.41) is 12.6. The number of hydrogen-bond donors (Lipinski definition) is 2. The minimum absolute atomic E-state index is 0.0412. The summed E-state index contributed by atoms with van der Waals surface area (Å²) in [6.07, 6.45) is 4.68. The van der Waals surface area contributed by atoms with Crippen LogP contribution in [0.1, 0.15) is 56.1 Å². The zero-order valence-corrected chi connectivity index (χ0v) is 16.4. The van der Waals surface area contributed by atoms with Crippen molar-refractivity contribution in [3.63, 3.8) is 0 Å². The maximum absolute atomic E-state index is 12.3. The lowest BCUT2D eigenvalue weighted by molar-refractivity contribution is 0.0938. The van der Waals surface area contributed by atoms with Crippen molar-refractivity contribution < 1.29 is 13.2 Å². The minimum atomic E-state index is -3.44. The average molecular weight is 398 g/mol. The van der Waals surface area contributed by atoms with E-state index in [9.17, 15) is 13.2 Å². The van der Waals surface area contributed by atoms with E-state index in [0.29, 0.717) is 9.90 Å². The highest BCUT2D eigenvalue weighted by Crippen LogP contribution is 2.29. The van der Waals surface area contributed by atoms with Gasteiger partial charge in [-0.05, 0) is 51.0 Å². The van der Waals surface area contributed by atoms with E-state index in [1.807, 2.05) is 13.8 Å². The lowest BCUT2D eigenvalue weighted by Crippen LogP contribution is -2.37. The molecule has 0 aliphatic heterocycles. The zero-order chi connectivity index (χ0) is 18.7. The summed E-state index contributed by atoms with van der Waals surface area (Å²) in [4.78, 5) is 12.0. The van der Waals surface area contributed by atoms with Gasteiger partial charge in [0.25, 0.3) is 5.91 Å². The van der Waals surface area contributed by atoms with Gasteiger partial charge in [-0.1, -0.05) is 11.3 Å². The number of aromatic nitrogens is 3. The normalized spacial score (nSPS) is 21.0. The summed E-state index contributed by atoms with van der Waals surface area (Å²) in [6, 6.07) is 3.43. The van der Waals surface area contributed by atoms with Crippen molar-refractivity contribution in [1.29, 1.82) is 0 Å². The van der Waals surface area contributed by atoms with E-state index in [1.54, 1.807) is 28.4 Å². The highest BCUT2D eigenvalue weighted by atomic mass is 32.2. The lowest BCUT2D eigenvalue weighted by Gasteiger charge is -2.28. The van der Waals surface area contributed by atoms with Gasteiger partial charge in [0.1, 0.15) is 4.21 Å². The van der Waals surface area contributed by atoms with Crippen molar-refractivity contribution in [1.82, 2.24) is 25.0 Å². The molecule has 0 unspecified atom stereocenters. The molecule has 1 fully saturated rings. The monoisotopic (exact) mass is 397 g/mol. The lowest BCUT2D eigenvalue weighted by atomic mass is 9.92. The topological polar surface area (TPSA) is 106 Å². The van der Waals surface area contributed by atoms with Crippen molar-refractivity contribution in [2.24, 2.45) is 0 Å². The largest absolute Gasteiger partial charge is 0.348 e. The number of carbonyl (C=O) groups excluding carboxylic acids is 1. The van der Waals surface area contributed by atoms with Gasteiger partial charge in [-0.25, -0.2) is 17.8 Å². The van der Waals surface area contributed by atoms with Crippen LogP contribution in [0.2, 0.25) is 0 Å². The number of hydrogen-bond acceptors (Lipinski definition) is 6. The summed E-state index contributed by atoms with van der Waals surface area (Å²) in [5.74, 6) is -0.233. The molecule has 10 heteroatoms. The van der Waals surface area contributed by atoms with Crippen LogP contribution < -0.4 is 10.0 Å². The number of carbonyl (C=O) groups is 1. The van der Waals surface area contributed by atoms with Gasteiger partial charge in [-0.3, -0.25) is 4.79 Å². The fourth-order valence-electron chi connectivity index (χ4n) is 3.05. The SMILES string of the molecule is CC(C)NC(=O)c1cn(C2CCC(NS(=O)(=O)c3cccs3)CC2)nn1. The quantitative estimate of drug-likeness (QED) is 0.775. The van der Waals surface area contributed by atoms with Gasteiger partial charge in [0, 0.05) is 12.1 Å². The maximum atomic E-state index is 12.3. The molecule has 0 radical (unpaired) electrons. The van der Waals surface area contributed by atoms with Crippen molar-refractivity contribution >= 4 is 27.3 Å². The fourth-order valence-corrected chi connectivity index (χ4v) is 5.36. The molecule has 0 saturated heterocycles. The molecule has 26 heavy (non-hydrogen) atoms. The Bertz CT molecular complexity index is 837. The first-order chi connectivity index (χ1) is 12.3. The minimum Gasteiger partial charge on any atom is -0.348 e. The Morgan fingerprint density at radius 2 is 2.04 bits per heavy atom. The second-order valence-electron chi connectivity index (χ2n) is 6.77. The summed E-state index contributed by atoms with van der Waals surface area (Å²) < 4.78 is 29.5. The molecule has 0 bridgehead atoms. The Balaban J connectivity index is 1.56. The standard InChI is InChI=1S/C16H23N5O3S2/c1-11(2)17-16(22)14-10-21(20-18-14)13-7-5-12(6-8-13)19-26(23,24)15-4-3-9-25-15/h3-4,9-13,19H,5-8H2,1-2H3,(H,17,22). The summed E-state index contributed by atoms with van der Waals surface area (Å²) in [7, 11) is -3.44. The molecule has 2 heterocycles. The van der Waals surface area contributed by atoms with E-state index in [1.165, 1.54) is 11.3 Å². The molecule has 0 atom stereocenters. The molecule has 1 amide bonds. The zero-order valence-electron chi connectivity index (χ0n) is 14.8. The fraction of sp³-hybridized carbons (Fsp3) is 0.562. The number of amides is 1. The van der Waals surface area contributed by atoms with Gasteiger partial charge in [0.2, 0.25) is 10.0 Å². The Kier molecular flexibility index (Phi) is 5.73. The predicted molar refractivity (Wildman–Crippen MR) is 98.6 cm³/mol. The first-order valence-corrected chi connectivity index (χ1v) is 11.0. The number of thiophene rings is 1. The molecule has 142 valence electrons. The van der Waals surface area contributed by atoms with E-state index in [0.717, 1.165) is 25.7 Å². The molecule has 0 spiro atoms. The van der Waals surface area contributed by atoms with Crippen LogP contribution in [0.5, 0.6) is 0 Å². The third kappa shape index (κ3) is 4.49. The first-order valence-electron chi connectivity index (χ1n) is 8.63. The van der Waals surface area contributed by atoms with Crippen LogP contribution in [0.15, 0.2) is 27.9 Å². The van der Waals surface area contributed by atoms with E-state index in [-0.39, 0.29) is 24.0 Å². The highest BCUT2D eigenvalue weighted by molar-refractivity contribution is 7.91. The summed E-state index contributed by atoms with van der Waals surface area (Å²) >= 11 is 1.21. The molecule has 1 saturated carbocycles. The van der Waals surface area contributed by atoms with Gasteiger partial charge < -0.3 is 5.32 Å². The molecule has 2 aromatic heterocycles. The number of sulfonamides is 1. The van der Waals surface area contributed by atoms with E-state index in [4.69, 9.17) is 0 Å². The molecule has 1 aliphatic rings. The van der Waals surface area contributed by atoms with Crippen molar-refractivity contribution in [3.05, 3.63) is 29.4 Å². The van der Waals surface area contributed by atoms with Crippen LogP contribution in [0.3, 0.4) is 0 Å². The van der Waals surface area contributed by atoms with E-state index < -0.39 is 10.0 Å². The summed E-state index contributed by atoms with van der Waals surface area (Å²) in [5.41, 5.74) is 0.305. The van der Waals surface area contributed by atoms with Gasteiger partial charge in [0.05, 0.1) is 12.2 Å². The van der Waals surface area contributed by atoms with Gasteiger partial charge in [0.15, 0.2) is 5.69 Å². The summed E-state index contributed by atoms with van der Waals surface area (Å²) in [6.45, 7) is 3.78. The average Bonchev–Trinajstić information content (AvgIpc) is 3.27. The molecule has 8 nitrogen and oxygen atoms in total. The second-order valence-corrected chi connectivity index (χ2v) is 9.66. The number of rotatable bonds is 6. The number of nitrogens with one attached hydrogen (secondary N) is 2. The van der Waals surface area contributed by atoms with Crippen LogP contribution >= 0.6 is 11.3 Å². The van der Waals surface area contributed by atoms with Gasteiger partial charge >= 0.3 is 0 Å². The third-order valence-electron chi connectivity index (χ3n) is 4.32. The molecule has 1 aliphatic carbocycles. The second kappa shape index (κ2) is 7.85. The van der Waals surface area contributed by atoms with E-state index >= 15 is 0 Å². The van der Waals surface area contributed by atoms with Crippen molar-refractivity contribution in [3.8, 4) is 0 Å². The highest BCUT2D eigenvalue weighted by Gasteiger charge is 2.28. The smallest absolute Gasteiger partial charge is 0.273 e. The van der Waals surface area contributed by atoms with Crippen LogP contribution in [-0.4, -0.2) is 41.4 Å². The molecular formula is C16H23N5O3S2. The van der Waals surface area contributed by atoms with Crippen LogP contribution in [0.25, 0.3) is 0 Å². The molecule has 2 N–H and O–H groups in total. The van der Waals surface area contributed by atoms with Crippen molar-refractivity contribution in [2.75, 3.05) is 0 Å². The Labute approximate surface area is 157 Å². The molecule has 2 aromatic rings. The Morgan fingerprint density at radius 1 is 1.31 bits per heavy atom. The van der Waals surface area contributed by atoms with Crippen LogP contribution in [0, 0.1) is 0 Å². The van der Waals surface area contributed by atoms with Crippen LogP contribution in [-0.2, 0) is 10.0 Å². The first kappa shape index (κ1) is 19.0. The maximum Gasteiger partial charge on any atom is 0.273 e. The van der Waals surface area contributed by atoms with Crippen molar-refractivity contribution in [2.45, 2.75) is 61.9 Å². The number of nitrogens with zero attached hydrogens (tertiary/aromatic N) is 3. The predicted octanol–water partition coefficient (Wildman–Crippen LogP) is 1.94. The molecule has 3 rings (SSSR count). The molecular weight excluding hydrogens is 374 g/mol. The third-order valence-corrected chi connectivity index (χ3v) is 7.23. The van der Waals surface area contributed by atoms with Gasteiger partial charge in [-0.2, -0.15) is 0 Å². The Morgan fingerprint density at radius 3 is 2.65 bits per heavy atom. The van der Waals surface area contributed by atoms with E-state index in [2.05, 4.69) is 20.4 Å². The molecule has 0 aromatic carbocycles. The van der Waals surface area contributed by atoms with Crippen LogP contribution in [0.4, 0.5) is 0 Å². The Hall–Kier alpha value is -1.78. The van der Waals surface area contributed by atoms with Gasteiger partial charge in [-0.15, -0.1) is 16.4 Å².